The molecule has 1 aromatic carbocycles. The molecule has 0 saturated heterocycles. The third-order valence-corrected chi connectivity index (χ3v) is 1.79. The van der Waals surface area contributed by atoms with Crippen molar-refractivity contribution in [2.45, 2.75) is 0 Å². The smallest absolute Gasteiger partial charge is 0.250 e. The molecule has 1 aromatic rings. The lowest BCUT2D eigenvalue weighted by Crippen LogP contribution is -2.17. The maximum absolute atomic E-state index is 11.2. The molecular weight excluding hydrogens is 232 g/mol. The summed E-state index contributed by atoms with van der Waals surface area (Å²) in [5.74, 6) is 0.363. The highest BCUT2D eigenvalue weighted by molar-refractivity contribution is 5.92. The molecule has 0 aliphatic heterocycles. The van der Waals surface area contributed by atoms with Crippen LogP contribution in [-0.4, -0.2) is 26.7 Å². The van der Waals surface area contributed by atoms with Crippen molar-refractivity contribution in [3.05, 3.63) is 18.2 Å². The molecule has 0 fully saturated rings. The number of hydrogen-bond acceptors (Lipinski definition) is 4. The van der Waals surface area contributed by atoms with Gasteiger partial charge in [-0.2, -0.15) is 0 Å². The van der Waals surface area contributed by atoms with Crippen LogP contribution >= 0.6 is 12.4 Å². The van der Waals surface area contributed by atoms with Crippen LogP contribution in [0.1, 0.15) is 0 Å². The predicted molar refractivity (Wildman–Crippen MR) is 65.2 cm³/mol. The van der Waals surface area contributed by atoms with Gasteiger partial charge >= 0.3 is 0 Å². The van der Waals surface area contributed by atoms with Crippen LogP contribution < -0.4 is 15.8 Å². The normalized spacial score (nSPS) is 9.12. The van der Waals surface area contributed by atoms with Crippen molar-refractivity contribution in [3.8, 4) is 5.75 Å². The van der Waals surface area contributed by atoms with E-state index >= 15 is 0 Å². The summed E-state index contributed by atoms with van der Waals surface area (Å²) < 4.78 is 9.67. The van der Waals surface area contributed by atoms with Gasteiger partial charge < -0.3 is 20.5 Å². The molecule has 16 heavy (non-hydrogen) atoms. The number of carbonyl (C=O) groups excluding carboxylic acids is 1. The molecule has 6 heteroatoms. The first-order chi connectivity index (χ1) is 7.17. The molecule has 0 radical (unpaired) electrons. The van der Waals surface area contributed by atoms with Gasteiger partial charge in [-0.1, -0.05) is 0 Å². The van der Waals surface area contributed by atoms with Gasteiger partial charge in [0, 0.05) is 12.8 Å². The lowest BCUT2D eigenvalue weighted by Gasteiger charge is -2.08. The zero-order valence-electron chi connectivity index (χ0n) is 9.15. The van der Waals surface area contributed by atoms with Crippen LogP contribution in [0, 0.1) is 0 Å². The van der Waals surface area contributed by atoms with E-state index in [2.05, 4.69) is 10.1 Å². The molecular formula is C10H15ClN2O3. The quantitative estimate of drug-likeness (QED) is 0.785. The molecule has 0 bridgehead atoms. The molecule has 0 atom stereocenters. The standard InChI is InChI=1S/C10H14N2O3.ClH/c1-14-6-10(13)12-7-3-4-9(15-2)8(11)5-7;/h3-5H,6,11H2,1-2H3,(H,12,13);1H. The van der Waals surface area contributed by atoms with Crippen molar-refractivity contribution in [1.82, 2.24) is 0 Å². The van der Waals surface area contributed by atoms with E-state index in [1.807, 2.05) is 0 Å². The first kappa shape index (κ1) is 14.5. The van der Waals surface area contributed by atoms with E-state index in [4.69, 9.17) is 10.5 Å². The first-order valence-corrected chi connectivity index (χ1v) is 4.39. The van der Waals surface area contributed by atoms with Crippen molar-refractivity contribution in [2.75, 3.05) is 31.9 Å². The highest BCUT2D eigenvalue weighted by Crippen LogP contribution is 2.24. The Hall–Kier alpha value is -1.46. The summed E-state index contributed by atoms with van der Waals surface area (Å²) in [5, 5.41) is 2.64. The van der Waals surface area contributed by atoms with E-state index < -0.39 is 0 Å². The molecule has 3 N–H and O–H groups in total. The molecule has 0 heterocycles. The van der Waals surface area contributed by atoms with Crippen LogP contribution in [0.2, 0.25) is 0 Å². The highest BCUT2D eigenvalue weighted by atomic mass is 35.5. The molecule has 0 unspecified atom stereocenters. The Kier molecular flexibility index (Phi) is 6.29. The van der Waals surface area contributed by atoms with E-state index in [1.165, 1.54) is 14.2 Å². The number of anilines is 2. The largest absolute Gasteiger partial charge is 0.495 e. The average Bonchev–Trinajstić information content (AvgIpc) is 2.18. The number of nitrogens with two attached hydrogens (primary N) is 1. The van der Waals surface area contributed by atoms with Gasteiger partial charge in [0.15, 0.2) is 0 Å². The van der Waals surface area contributed by atoms with Crippen LogP contribution in [-0.2, 0) is 9.53 Å². The van der Waals surface area contributed by atoms with Gasteiger partial charge in [-0.25, -0.2) is 0 Å². The topological polar surface area (TPSA) is 73.6 Å². The number of amides is 1. The van der Waals surface area contributed by atoms with E-state index in [9.17, 15) is 4.79 Å². The lowest BCUT2D eigenvalue weighted by atomic mass is 10.2. The Balaban J connectivity index is 0.00000225. The minimum Gasteiger partial charge on any atom is -0.495 e. The number of hydrogen-bond donors (Lipinski definition) is 2. The lowest BCUT2D eigenvalue weighted by molar-refractivity contribution is -0.119. The fourth-order valence-electron chi connectivity index (χ4n) is 1.14. The van der Waals surface area contributed by atoms with Crippen molar-refractivity contribution in [3.63, 3.8) is 0 Å². The van der Waals surface area contributed by atoms with Gasteiger partial charge in [0.25, 0.3) is 0 Å². The van der Waals surface area contributed by atoms with Crippen molar-refractivity contribution >= 4 is 29.7 Å². The van der Waals surface area contributed by atoms with Crippen molar-refractivity contribution < 1.29 is 14.3 Å². The van der Waals surface area contributed by atoms with Gasteiger partial charge in [-0.3, -0.25) is 4.79 Å². The van der Waals surface area contributed by atoms with Crippen molar-refractivity contribution in [1.29, 1.82) is 0 Å². The number of halogens is 1. The number of nitrogens with one attached hydrogen (secondary N) is 1. The van der Waals surface area contributed by atoms with E-state index in [-0.39, 0.29) is 24.9 Å². The second kappa shape index (κ2) is 6.92. The third-order valence-electron chi connectivity index (χ3n) is 1.79. The molecule has 0 aromatic heterocycles. The number of rotatable bonds is 4. The Morgan fingerprint density at radius 3 is 2.62 bits per heavy atom. The van der Waals surface area contributed by atoms with Gasteiger partial charge in [-0.15, -0.1) is 12.4 Å². The Morgan fingerprint density at radius 1 is 1.44 bits per heavy atom. The maximum atomic E-state index is 11.2. The van der Waals surface area contributed by atoms with Crippen molar-refractivity contribution in [2.24, 2.45) is 0 Å². The molecule has 90 valence electrons. The van der Waals surface area contributed by atoms with E-state index in [0.29, 0.717) is 17.1 Å². The van der Waals surface area contributed by atoms with Crippen LogP contribution in [0.3, 0.4) is 0 Å². The summed E-state index contributed by atoms with van der Waals surface area (Å²) in [7, 11) is 3.00. The number of nitrogen functional groups attached to an aromatic ring is 1. The van der Waals surface area contributed by atoms with Crippen LogP contribution in [0.25, 0.3) is 0 Å². The second-order valence-corrected chi connectivity index (χ2v) is 2.94. The summed E-state index contributed by atoms with van der Waals surface area (Å²) >= 11 is 0. The predicted octanol–water partition coefficient (Wildman–Crippen LogP) is 1.28. The molecule has 0 aliphatic rings. The molecule has 0 spiro atoms. The zero-order valence-corrected chi connectivity index (χ0v) is 9.97. The molecule has 1 rings (SSSR count). The summed E-state index contributed by atoms with van der Waals surface area (Å²) in [6, 6.07) is 5.03. The zero-order chi connectivity index (χ0) is 11.3. The molecule has 1 amide bonds. The van der Waals surface area contributed by atoms with Gasteiger partial charge in [-0.05, 0) is 18.2 Å². The molecule has 5 nitrogen and oxygen atoms in total. The summed E-state index contributed by atoms with van der Waals surface area (Å²) in [6.45, 7) is 0.0198. The third kappa shape index (κ3) is 3.96. The second-order valence-electron chi connectivity index (χ2n) is 2.94. The minimum atomic E-state index is -0.220. The van der Waals surface area contributed by atoms with Crippen LogP contribution in [0.5, 0.6) is 5.75 Å². The Bertz CT molecular complexity index is 358. The summed E-state index contributed by atoms with van der Waals surface area (Å²) in [4.78, 5) is 11.2. The first-order valence-electron chi connectivity index (χ1n) is 4.39. The van der Waals surface area contributed by atoms with E-state index in [0.717, 1.165) is 0 Å². The monoisotopic (exact) mass is 246 g/mol. The minimum absolute atomic E-state index is 0. The summed E-state index contributed by atoms with van der Waals surface area (Å²) in [5.41, 5.74) is 6.77. The number of methoxy groups -OCH3 is 2. The highest BCUT2D eigenvalue weighted by Gasteiger charge is 2.04. The fourth-order valence-corrected chi connectivity index (χ4v) is 1.14. The molecule has 0 saturated carbocycles. The molecule has 0 aliphatic carbocycles. The Morgan fingerprint density at radius 2 is 2.12 bits per heavy atom. The number of benzene rings is 1. The average molecular weight is 247 g/mol. The summed E-state index contributed by atoms with van der Waals surface area (Å²) in [6.07, 6.45) is 0. The maximum Gasteiger partial charge on any atom is 0.250 e. The van der Waals surface area contributed by atoms with E-state index in [1.54, 1.807) is 18.2 Å². The Labute approximate surface area is 100 Å². The van der Waals surface area contributed by atoms with Crippen LogP contribution in [0.15, 0.2) is 18.2 Å². The number of ether oxygens (including phenoxy) is 2. The number of carbonyl (C=O) groups is 1. The van der Waals surface area contributed by atoms with Gasteiger partial charge in [0.2, 0.25) is 5.91 Å². The van der Waals surface area contributed by atoms with Crippen LogP contribution in [0.4, 0.5) is 11.4 Å². The van der Waals surface area contributed by atoms with Gasteiger partial charge in [0.05, 0.1) is 12.8 Å². The fraction of sp³-hybridized carbons (Fsp3) is 0.300. The SMILES string of the molecule is COCC(=O)Nc1ccc(OC)c(N)c1.Cl. The van der Waals surface area contributed by atoms with Gasteiger partial charge in [0.1, 0.15) is 12.4 Å².